The van der Waals surface area contributed by atoms with Crippen molar-refractivity contribution in [2.75, 3.05) is 0 Å². The van der Waals surface area contributed by atoms with Gasteiger partial charge in [-0.25, -0.2) is 0 Å². The second kappa shape index (κ2) is 4.13. The van der Waals surface area contributed by atoms with Gasteiger partial charge in [0.2, 0.25) is 0 Å². The Balaban J connectivity index is 1.96. The van der Waals surface area contributed by atoms with Crippen molar-refractivity contribution in [2.24, 2.45) is 5.92 Å². The van der Waals surface area contributed by atoms with Crippen LogP contribution in [0.15, 0.2) is 23.3 Å². The van der Waals surface area contributed by atoms with E-state index in [4.69, 9.17) is 0 Å². The van der Waals surface area contributed by atoms with Gasteiger partial charge in [0.1, 0.15) is 0 Å². The monoisotopic (exact) mass is 176 g/mol. The molecule has 2 aliphatic rings. The largest absolute Gasteiger partial charge is 0.0815 e. The Bertz CT molecular complexity index is 226. The van der Waals surface area contributed by atoms with Gasteiger partial charge < -0.3 is 0 Å². The Hall–Kier alpha value is -0.520. The summed E-state index contributed by atoms with van der Waals surface area (Å²) in [7, 11) is 0. The molecule has 0 bridgehead atoms. The second-order valence-corrected chi connectivity index (χ2v) is 4.58. The van der Waals surface area contributed by atoms with Gasteiger partial charge in [0.15, 0.2) is 0 Å². The summed E-state index contributed by atoms with van der Waals surface area (Å²) in [5.74, 6) is 0.942. The Morgan fingerprint density at radius 2 is 1.85 bits per heavy atom. The van der Waals surface area contributed by atoms with Crippen molar-refractivity contribution in [1.82, 2.24) is 0 Å². The third-order valence-electron chi connectivity index (χ3n) is 3.46. The van der Waals surface area contributed by atoms with Crippen LogP contribution in [-0.4, -0.2) is 0 Å². The first kappa shape index (κ1) is 9.05. The van der Waals surface area contributed by atoms with Crippen LogP contribution in [0.5, 0.6) is 0 Å². The van der Waals surface area contributed by atoms with E-state index in [2.05, 4.69) is 19.1 Å². The van der Waals surface area contributed by atoms with Gasteiger partial charge in [0.05, 0.1) is 0 Å². The zero-order chi connectivity index (χ0) is 9.10. The quantitative estimate of drug-likeness (QED) is 0.524. The lowest BCUT2D eigenvalue weighted by Gasteiger charge is -2.26. The number of allylic oxidation sites excluding steroid dienone is 4. The highest BCUT2D eigenvalue weighted by molar-refractivity contribution is 5.23. The molecule has 0 atom stereocenters. The molecule has 1 fully saturated rings. The third kappa shape index (κ3) is 2.24. The fraction of sp³-hybridized carbons (Fsp3) is 0.692. The number of rotatable bonds is 1. The van der Waals surface area contributed by atoms with E-state index < -0.39 is 0 Å². The van der Waals surface area contributed by atoms with Crippen LogP contribution in [0.1, 0.15) is 51.9 Å². The molecule has 0 nitrogen and oxygen atoms in total. The Kier molecular flexibility index (Phi) is 2.87. The first-order valence-corrected chi connectivity index (χ1v) is 5.71. The molecule has 0 aromatic rings. The van der Waals surface area contributed by atoms with Crippen LogP contribution >= 0.6 is 0 Å². The van der Waals surface area contributed by atoms with Crippen molar-refractivity contribution in [3.8, 4) is 0 Å². The van der Waals surface area contributed by atoms with Crippen LogP contribution in [0.4, 0.5) is 0 Å². The molecule has 2 aliphatic carbocycles. The summed E-state index contributed by atoms with van der Waals surface area (Å²) in [6.45, 7) is 2.27. The minimum absolute atomic E-state index is 0.942. The maximum absolute atomic E-state index is 2.48. The maximum atomic E-state index is 2.48. The van der Waals surface area contributed by atoms with Gasteiger partial charge in [0.25, 0.3) is 0 Å². The van der Waals surface area contributed by atoms with Crippen molar-refractivity contribution in [2.45, 2.75) is 51.9 Å². The number of hydrogen-bond acceptors (Lipinski definition) is 0. The smallest absolute Gasteiger partial charge is 0.0108 e. The van der Waals surface area contributed by atoms with Crippen molar-refractivity contribution in [1.29, 1.82) is 0 Å². The van der Waals surface area contributed by atoms with Crippen molar-refractivity contribution in [3.63, 3.8) is 0 Å². The number of hydrogen-bond donors (Lipinski definition) is 0. The highest BCUT2D eigenvalue weighted by atomic mass is 14.2. The lowest BCUT2D eigenvalue weighted by atomic mass is 9.80. The zero-order valence-corrected chi connectivity index (χ0v) is 8.68. The van der Waals surface area contributed by atoms with Gasteiger partial charge in [-0.3, -0.25) is 0 Å². The lowest BCUT2D eigenvalue weighted by molar-refractivity contribution is 0.396. The summed E-state index contributed by atoms with van der Waals surface area (Å²) in [5, 5.41) is 0. The van der Waals surface area contributed by atoms with Gasteiger partial charge in [-0.2, -0.15) is 0 Å². The van der Waals surface area contributed by atoms with Crippen molar-refractivity contribution in [3.05, 3.63) is 23.3 Å². The van der Waals surface area contributed by atoms with E-state index in [0.29, 0.717) is 0 Å². The molecule has 1 saturated carbocycles. The molecule has 72 valence electrons. The van der Waals surface area contributed by atoms with Gasteiger partial charge in [0, 0.05) is 0 Å². The Morgan fingerprint density at radius 3 is 2.54 bits per heavy atom. The van der Waals surface area contributed by atoms with Crippen LogP contribution < -0.4 is 0 Å². The molecular formula is C13H20. The average molecular weight is 176 g/mol. The standard InChI is InChI=1S/C13H20/c1-11-6-5-9-13(10-11)12-7-3-2-4-8-12/h6,9,12H,2-5,7-8,10H2,1H3. The van der Waals surface area contributed by atoms with Crippen LogP contribution in [0.25, 0.3) is 0 Å². The second-order valence-electron chi connectivity index (χ2n) is 4.58. The first-order valence-electron chi connectivity index (χ1n) is 5.71. The van der Waals surface area contributed by atoms with E-state index in [-0.39, 0.29) is 0 Å². The van der Waals surface area contributed by atoms with Gasteiger partial charge in [-0.15, -0.1) is 0 Å². The van der Waals surface area contributed by atoms with Crippen LogP contribution in [-0.2, 0) is 0 Å². The molecule has 0 aromatic heterocycles. The summed E-state index contributed by atoms with van der Waals surface area (Å²) in [6, 6.07) is 0. The van der Waals surface area contributed by atoms with Crippen LogP contribution in [0.3, 0.4) is 0 Å². The molecular weight excluding hydrogens is 156 g/mol. The van der Waals surface area contributed by atoms with E-state index in [1.807, 2.05) is 0 Å². The first-order chi connectivity index (χ1) is 6.36. The zero-order valence-electron chi connectivity index (χ0n) is 8.68. The van der Waals surface area contributed by atoms with Crippen molar-refractivity contribution >= 4 is 0 Å². The van der Waals surface area contributed by atoms with Gasteiger partial charge in [-0.1, -0.05) is 42.6 Å². The van der Waals surface area contributed by atoms with E-state index in [1.54, 1.807) is 11.1 Å². The Labute approximate surface area is 81.7 Å². The Morgan fingerprint density at radius 1 is 1.08 bits per heavy atom. The highest BCUT2D eigenvalue weighted by Crippen LogP contribution is 2.34. The summed E-state index contributed by atoms with van der Waals surface area (Å²) in [4.78, 5) is 0. The fourth-order valence-electron chi connectivity index (χ4n) is 2.66. The molecule has 0 spiro atoms. The SMILES string of the molecule is CC1=CCC=C(C2CCCCC2)C1. The lowest BCUT2D eigenvalue weighted by Crippen LogP contribution is -2.10. The van der Waals surface area contributed by atoms with Gasteiger partial charge >= 0.3 is 0 Å². The normalized spacial score (nSPS) is 25.3. The van der Waals surface area contributed by atoms with Gasteiger partial charge in [-0.05, 0) is 38.5 Å². The molecule has 0 saturated heterocycles. The highest BCUT2D eigenvalue weighted by Gasteiger charge is 2.18. The van der Waals surface area contributed by atoms with E-state index in [1.165, 1.54) is 44.9 Å². The predicted molar refractivity (Wildman–Crippen MR) is 57.6 cm³/mol. The molecule has 2 rings (SSSR count). The molecule has 0 radical (unpaired) electrons. The minimum Gasteiger partial charge on any atom is -0.0815 e. The average Bonchev–Trinajstić information content (AvgIpc) is 2.19. The predicted octanol–water partition coefficient (Wildman–Crippen LogP) is 4.23. The maximum Gasteiger partial charge on any atom is -0.0108 e. The summed E-state index contributed by atoms with van der Waals surface area (Å²) < 4.78 is 0. The minimum atomic E-state index is 0.942. The van der Waals surface area contributed by atoms with Crippen LogP contribution in [0.2, 0.25) is 0 Å². The topological polar surface area (TPSA) is 0 Å². The fourth-order valence-corrected chi connectivity index (χ4v) is 2.66. The third-order valence-corrected chi connectivity index (χ3v) is 3.46. The molecule has 0 aromatic carbocycles. The molecule has 0 heteroatoms. The summed E-state index contributed by atoms with van der Waals surface area (Å²) >= 11 is 0. The van der Waals surface area contributed by atoms with E-state index in [0.717, 1.165) is 5.92 Å². The molecule has 0 aliphatic heterocycles. The molecule has 0 amide bonds. The van der Waals surface area contributed by atoms with Crippen molar-refractivity contribution < 1.29 is 0 Å². The molecule has 13 heavy (non-hydrogen) atoms. The van der Waals surface area contributed by atoms with E-state index in [9.17, 15) is 0 Å². The summed E-state index contributed by atoms with van der Waals surface area (Å²) in [6.07, 6.45) is 14.6. The molecule has 0 N–H and O–H groups in total. The molecule has 0 heterocycles. The summed E-state index contributed by atoms with van der Waals surface area (Å²) in [5.41, 5.74) is 3.34. The van der Waals surface area contributed by atoms with Crippen LogP contribution in [0, 0.1) is 5.92 Å². The molecule has 0 unspecified atom stereocenters. The van der Waals surface area contributed by atoms with E-state index >= 15 is 0 Å².